The van der Waals surface area contributed by atoms with Gasteiger partial charge in [0.25, 0.3) is 5.56 Å². The number of ether oxygens (including phenoxy) is 1. The summed E-state index contributed by atoms with van der Waals surface area (Å²) in [5.41, 5.74) is 0.948. The van der Waals surface area contributed by atoms with E-state index in [0.29, 0.717) is 22.0 Å². The molecule has 0 unspecified atom stereocenters. The van der Waals surface area contributed by atoms with Crippen LogP contribution in [0.25, 0.3) is 22.0 Å². The fraction of sp³-hybridized carbons (Fsp3) is 0.0952. The monoisotopic (exact) mass is 430 g/mol. The van der Waals surface area contributed by atoms with Crippen molar-refractivity contribution in [2.45, 2.75) is 4.90 Å². The summed E-state index contributed by atoms with van der Waals surface area (Å²) in [5.74, 6) is -1.53. The summed E-state index contributed by atoms with van der Waals surface area (Å²) in [6.45, 7) is 0. The van der Waals surface area contributed by atoms with Crippen LogP contribution in [0.4, 0.5) is 8.78 Å². The van der Waals surface area contributed by atoms with Gasteiger partial charge in [0.2, 0.25) is 0 Å². The topological polar surface area (TPSA) is 81.2 Å². The first kappa shape index (κ1) is 19.8. The number of rotatable bonds is 4. The van der Waals surface area contributed by atoms with Crippen LogP contribution < -0.4 is 10.3 Å². The normalized spacial score (nSPS) is 11.7. The number of fused-ring (bicyclic) bond motifs is 1. The van der Waals surface area contributed by atoms with Gasteiger partial charge in [-0.05, 0) is 24.3 Å². The maximum atomic E-state index is 13.6. The van der Waals surface area contributed by atoms with E-state index in [0.717, 1.165) is 24.5 Å². The number of aryl methyl sites for hydroxylation is 1. The maximum absolute atomic E-state index is 13.6. The molecule has 9 heteroatoms. The Morgan fingerprint density at radius 3 is 2.37 bits per heavy atom. The van der Waals surface area contributed by atoms with E-state index in [1.54, 1.807) is 25.5 Å². The first-order chi connectivity index (χ1) is 14.1. The SMILES string of the molecule is Cn1cc(-c2cc(S(C)(=O)=O)ccc2Oc2cc(F)cc(F)c2)c2cc[nH]c2c1=O. The average Bonchev–Trinajstić information content (AvgIpc) is 3.13. The molecular weight excluding hydrogens is 414 g/mol. The number of aromatic nitrogens is 2. The number of H-pyrrole nitrogens is 1. The van der Waals surface area contributed by atoms with Crippen LogP contribution in [0.5, 0.6) is 11.5 Å². The highest BCUT2D eigenvalue weighted by Crippen LogP contribution is 2.38. The summed E-state index contributed by atoms with van der Waals surface area (Å²) in [4.78, 5) is 15.3. The van der Waals surface area contributed by atoms with Crippen molar-refractivity contribution in [1.82, 2.24) is 9.55 Å². The Bertz CT molecular complexity index is 1440. The van der Waals surface area contributed by atoms with Crippen LogP contribution >= 0.6 is 0 Å². The predicted octanol–water partition coefficient (Wildman–Crippen LogP) is 4.01. The average molecular weight is 430 g/mol. The molecule has 1 N–H and O–H groups in total. The van der Waals surface area contributed by atoms with Crippen molar-refractivity contribution < 1.29 is 21.9 Å². The molecule has 0 bridgehead atoms. The summed E-state index contributed by atoms with van der Waals surface area (Å²) in [7, 11) is -1.98. The summed E-state index contributed by atoms with van der Waals surface area (Å²) in [6, 6.07) is 8.61. The third kappa shape index (κ3) is 3.59. The highest BCUT2D eigenvalue weighted by atomic mass is 32.2. The molecule has 30 heavy (non-hydrogen) atoms. The quantitative estimate of drug-likeness (QED) is 0.531. The number of sulfone groups is 1. The summed E-state index contributed by atoms with van der Waals surface area (Å²) < 4.78 is 58.5. The second-order valence-electron chi connectivity index (χ2n) is 6.86. The molecule has 2 aromatic heterocycles. The van der Waals surface area contributed by atoms with E-state index in [9.17, 15) is 22.0 Å². The highest BCUT2D eigenvalue weighted by Gasteiger charge is 2.18. The van der Waals surface area contributed by atoms with Crippen molar-refractivity contribution in [3.63, 3.8) is 0 Å². The maximum Gasteiger partial charge on any atom is 0.274 e. The van der Waals surface area contributed by atoms with E-state index in [4.69, 9.17) is 4.74 Å². The van der Waals surface area contributed by atoms with Crippen molar-refractivity contribution in [2.24, 2.45) is 7.05 Å². The second-order valence-corrected chi connectivity index (χ2v) is 8.88. The van der Waals surface area contributed by atoms with Crippen LogP contribution in [0.15, 0.2) is 64.5 Å². The molecule has 0 radical (unpaired) electrons. The molecule has 154 valence electrons. The Morgan fingerprint density at radius 2 is 1.70 bits per heavy atom. The molecular formula is C21H16F2N2O4S. The zero-order chi connectivity index (χ0) is 21.6. The van der Waals surface area contributed by atoms with Crippen molar-refractivity contribution in [3.05, 3.63) is 76.8 Å². The first-order valence-electron chi connectivity index (χ1n) is 8.78. The summed E-state index contributed by atoms with van der Waals surface area (Å²) in [5, 5.41) is 0.555. The molecule has 0 aliphatic heterocycles. The van der Waals surface area contributed by atoms with Gasteiger partial charge in [-0.25, -0.2) is 17.2 Å². The number of halogens is 2. The number of aromatic amines is 1. The molecule has 0 aliphatic carbocycles. The van der Waals surface area contributed by atoms with Crippen LogP contribution in [-0.2, 0) is 16.9 Å². The van der Waals surface area contributed by atoms with Gasteiger partial charge >= 0.3 is 0 Å². The van der Waals surface area contributed by atoms with E-state index >= 15 is 0 Å². The number of pyridine rings is 1. The molecule has 0 fully saturated rings. The van der Waals surface area contributed by atoms with Gasteiger partial charge in [0.15, 0.2) is 9.84 Å². The molecule has 4 rings (SSSR count). The van der Waals surface area contributed by atoms with E-state index in [-0.39, 0.29) is 22.0 Å². The molecule has 2 aromatic carbocycles. The van der Waals surface area contributed by atoms with Crippen molar-refractivity contribution in [1.29, 1.82) is 0 Å². The molecule has 2 heterocycles. The van der Waals surface area contributed by atoms with Crippen LogP contribution in [0.2, 0.25) is 0 Å². The van der Waals surface area contributed by atoms with Gasteiger partial charge in [-0.3, -0.25) is 4.79 Å². The Labute approximate surface area is 170 Å². The molecule has 0 saturated heterocycles. The summed E-state index contributed by atoms with van der Waals surface area (Å²) >= 11 is 0. The molecule has 0 atom stereocenters. The Kier molecular flexibility index (Phi) is 4.70. The third-order valence-corrected chi connectivity index (χ3v) is 5.74. The van der Waals surface area contributed by atoms with Crippen molar-refractivity contribution >= 4 is 20.7 Å². The number of benzene rings is 2. The van der Waals surface area contributed by atoms with E-state index in [1.807, 2.05) is 0 Å². The Hall–Kier alpha value is -3.46. The van der Waals surface area contributed by atoms with Gasteiger partial charge in [-0.1, -0.05) is 0 Å². The molecule has 6 nitrogen and oxygen atoms in total. The summed E-state index contributed by atoms with van der Waals surface area (Å²) in [6.07, 6.45) is 4.22. The van der Waals surface area contributed by atoms with Crippen LogP contribution in [0, 0.1) is 11.6 Å². The molecule has 0 amide bonds. The number of hydrogen-bond donors (Lipinski definition) is 1. The molecule has 0 saturated carbocycles. The lowest BCUT2D eigenvalue weighted by Crippen LogP contribution is -2.16. The second kappa shape index (κ2) is 7.10. The van der Waals surface area contributed by atoms with Gasteiger partial charge in [0, 0.05) is 60.4 Å². The van der Waals surface area contributed by atoms with Crippen LogP contribution in [0.1, 0.15) is 0 Å². The largest absolute Gasteiger partial charge is 0.457 e. The number of hydrogen-bond acceptors (Lipinski definition) is 4. The van der Waals surface area contributed by atoms with Gasteiger partial charge in [0.1, 0.15) is 28.7 Å². The minimum absolute atomic E-state index is 0.0350. The van der Waals surface area contributed by atoms with Crippen molar-refractivity contribution in [2.75, 3.05) is 6.26 Å². The lowest BCUT2D eigenvalue weighted by molar-refractivity contribution is 0.469. The third-order valence-electron chi connectivity index (χ3n) is 4.63. The minimum Gasteiger partial charge on any atom is -0.457 e. The van der Waals surface area contributed by atoms with Crippen molar-refractivity contribution in [3.8, 4) is 22.6 Å². The molecule has 0 spiro atoms. The molecule has 0 aliphatic rings. The minimum atomic E-state index is -3.55. The van der Waals surface area contributed by atoms with Gasteiger partial charge in [-0.15, -0.1) is 0 Å². The van der Waals surface area contributed by atoms with Crippen LogP contribution in [0.3, 0.4) is 0 Å². The Morgan fingerprint density at radius 1 is 1.00 bits per heavy atom. The lowest BCUT2D eigenvalue weighted by atomic mass is 10.0. The Balaban J connectivity index is 1.99. The van der Waals surface area contributed by atoms with Gasteiger partial charge in [-0.2, -0.15) is 0 Å². The highest BCUT2D eigenvalue weighted by molar-refractivity contribution is 7.90. The zero-order valence-electron chi connectivity index (χ0n) is 15.9. The van der Waals surface area contributed by atoms with E-state index in [2.05, 4.69) is 4.98 Å². The predicted molar refractivity (Wildman–Crippen MR) is 109 cm³/mol. The first-order valence-corrected chi connectivity index (χ1v) is 10.7. The zero-order valence-corrected chi connectivity index (χ0v) is 16.8. The van der Waals surface area contributed by atoms with E-state index in [1.165, 1.54) is 22.8 Å². The smallest absolute Gasteiger partial charge is 0.274 e. The number of nitrogens with zero attached hydrogens (tertiary/aromatic N) is 1. The molecule has 4 aromatic rings. The number of nitrogens with one attached hydrogen (secondary N) is 1. The standard InChI is InChI=1S/C21H16F2N2O4S/c1-25-11-18(16-5-6-24-20(16)21(25)26)17-10-15(30(2,27)28)3-4-19(17)29-14-8-12(22)7-13(23)9-14/h3-11,24H,1-2H3. The van der Waals surface area contributed by atoms with Crippen LogP contribution in [-0.4, -0.2) is 24.2 Å². The lowest BCUT2D eigenvalue weighted by Gasteiger charge is -2.15. The fourth-order valence-corrected chi connectivity index (χ4v) is 3.88. The van der Waals surface area contributed by atoms with Gasteiger partial charge in [0.05, 0.1) is 4.90 Å². The van der Waals surface area contributed by atoms with E-state index < -0.39 is 21.5 Å². The fourth-order valence-electron chi connectivity index (χ4n) is 3.24. The van der Waals surface area contributed by atoms with Gasteiger partial charge < -0.3 is 14.3 Å².